The molecule has 0 saturated carbocycles. The van der Waals surface area contributed by atoms with Gasteiger partial charge >= 0.3 is 5.97 Å². The molecule has 0 amide bonds. The van der Waals surface area contributed by atoms with E-state index in [-0.39, 0.29) is 10.5 Å². The van der Waals surface area contributed by atoms with Crippen LogP contribution < -0.4 is 4.74 Å². The van der Waals surface area contributed by atoms with E-state index in [4.69, 9.17) is 16.3 Å². The molecule has 0 unspecified atom stereocenters. The van der Waals surface area contributed by atoms with Gasteiger partial charge < -0.3 is 4.74 Å². The van der Waals surface area contributed by atoms with Gasteiger partial charge in [0.25, 0.3) is 0 Å². The molecule has 4 nitrogen and oxygen atoms in total. The maximum absolute atomic E-state index is 12.2. The maximum Gasteiger partial charge on any atom is 0.344 e. The molecule has 6 heteroatoms. The number of ether oxygens (including phenoxy) is 1. The minimum Gasteiger partial charge on any atom is -0.423 e. The van der Waals surface area contributed by atoms with Gasteiger partial charge in [0.05, 0.1) is 10.5 Å². The average molecular weight is 325 g/mol. The van der Waals surface area contributed by atoms with Crippen LogP contribution >= 0.6 is 11.6 Å². The van der Waals surface area contributed by atoms with E-state index in [0.717, 1.165) is 6.26 Å². The first-order valence-electron chi connectivity index (χ1n) is 6.06. The van der Waals surface area contributed by atoms with Crippen LogP contribution in [0.1, 0.15) is 15.9 Å². The molecule has 21 heavy (non-hydrogen) atoms. The fourth-order valence-electron chi connectivity index (χ4n) is 1.84. The fraction of sp³-hybridized carbons (Fsp3) is 0.133. The molecule has 110 valence electrons. The van der Waals surface area contributed by atoms with Crippen molar-refractivity contribution < 1.29 is 17.9 Å². The van der Waals surface area contributed by atoms with Gasteiger partial charge in [0, 0.05) is 11.3 Å². The Morgan fingerprint density at radius 3 is 2.43 bits per heavy atom. The summed E-state index contributed by atoms with van der Waals surface area (Å²) < 4.78 is 28.7. The Morgan fingerprint density at radius 2 is 1.81 bits per heavy atom. The summed E-state index contributed by atoms with van der Waals surface area (Å²) in [6, 6.07) is 10.8. The molecule has 0 aromatic heterocycles. The van der Waals surface area contributed by atoms with Crippen LogP contribution in [0.25, 0.3) is 0 Å². The van der Waals surface area contributed by atoms with Crippen LogP contribution in [0.2, 0.25) is 5.02 Å². The third kappa shape index (κ3) is 3.62. The molecular formula is C15H13ClO4S. The van der Waals surface area contributed by atoms with Gasteiger partial charge in [0.15, 0.2) is 9.84 Å². The summed E-state index contributed by atoms with van der Waals surface area (Å²) in [5.74, 6) is -0.380. The second kappa shape index (κ2) is 5.87. The number of halogens is 1. The molecule has 0 fully saturated rings. The molecule has 0 bridgehead atoms. The lowest BCUT2D eigenvalue weighted by molar-refractivity contribution is 0.0729. The van der Waals surface area contributed by atoms with Crippen LogP contribution in [0.4, 0.5) is 0 Å². The number of hydrogen-bond acceptors (Lipinski definition) is 4. The number of esters is 1. The van der Waals surface area contributed by atoms with Crippen molar-refractivity contribution in [3.05, 3.63) is 58.6 Å². The molecule has 0 heterocycles. The normalized spacial score (nSPS) is 11.2. The lowest BCUT2D eigenvalue weighted by Crippen LogP contribution is -2.14. The highest BCUT2D eigenvalue weighted by atomic mass is 35.5. The molecule has 0 aliphatic carbocycles. The van der Waals surface area contributed by atoms with E-state index < -0.39 is 15.8 Å². The van der Waals surface area contributed by atoms with Gasteiger partial charge in [-0.2, -0.15) is 0 Å². The predicted octanol–water partition coefficient (Wildman–Crippen LogP) is 3.27. The Hall–Kier alpha value is -1.85. The van der Waals surface area contributed by atoms with Crippen LogP contribution in [0.5, 0.6) is 5.75 Å². The van der Waals surface area contributed by atoms with Crippen molar-refractivity contribution in [3.8, 4) is 5.75 Å². The third-order valence-corrected chi connectivity index (χ3v) is 4.24. The SMILES string of the molecule is Cc1cc(Cl)ccc1OC(=O)c1ccccc1S(C)(=O)=O. The van der Waals surface area contributed by atoms with E-state index in [1.165, 1.54) is 12.1 Å². The standard InChI is InChI=1S/C15H13ClO4S/c1-10-9-11(16)7-8-13(10)20-15(17)12-5-3-4-6-14(12)21(2,18)19/h3-9H,1-2H3. The van der Waals surface area contributed by atoms with Crippen molar-refractivity contribution in [2.24, 2.45) is 0 Å². The van der Waals surface area contributed by atoms with E-state index in [2.05, 4.69) is 0 Å². The van der Waals surface area contributed by atoms with Gasteiger partial charge in [0.1, 0.15) is 5.75 Å². The largest absolute Gasteiger partial charge is 0.423 e. The molecule has 0 N–H and O–H groups in total. The molecule has 0 aliphatic heterocycles. The van der Waals surface area contributed by atoms with Gasteiger partial charge in [-0.05, 0) is 42.8 Å². The van der Waals surface area contributed by atoms with Crippen LogP contribution in [0, 0.1) is 6.92 Å². The number of carbonyl (C=O) groups excluding carboxylic acids is 1. The van der Waals surface area contributed by atoms with Crippen LogP contribution in [0.15, 0.2) is 47.4 Å². The third-order valence-electron chi connectivity index (χ3n) is 2.85. The van der Waals surface area contributed by atoms with Crippen molar-refractivity contribution >= 4 is 27.4 Å². The Bertz CT molecular complexity index is 797. The summed E-state index contributed by atoms with van der Waals surface area (Å²) in [7, 11) is -3.51. The van der Waals surface area contributed by atoms with Gasteiger partial charge in [-0.25, -0.2) is 13.2 Å². The van der Waals surface area contributed by atoms with E-state index in [0.29, 0.717) is 16.3 Å². The van der Waals surface area contributed by atoms with Gasteiger partial charge in [-0.15, -0.1) is 0 Å². The molecule has 2 aromatic carbocycles. The first-order chi connectivity index (χ1) is 9.79. The summed E-state index contributed by atoms with van der Waals surface area (Å²) in [6.45, 7) is 1.75. The number of carbonyl (C=O) groups is 1. The Labute approximate surface area is 128 Å². The van der Waals surface area contributed by atoms with Crippen LogP contribution in [-0.4, -0.2) is 20.6 Å². The zero-order chi connectivity index (χ0) is 15.6. The highest BCUT2D eigenvalue weighted by Gasteiger charge is 2.20. The number of rotatable bonds is 3. The summed E-state index contributed by atoms with van der Waals surface area (Å²) in [4.78, 5) is 12.1. The molecule has 0 atom stereocenters. The monoisotopic (exact) mass is 324 g/mol. The quantitative estimate of drug-likeness (QED) is 0.642. The molecule has 2 rings (SSSR count). The lowest BCUT2D eigenvalue weighted by atomic mass is 10.2. The minimum absolute atomic E-state index is 0.00866. The predicted molar refractivity (Wildman–Crippen MR) is 80.7 cm³/mol. The van der Waals surface area contributed by atoms with E-state index >= 15 is 0 Å². The average Bonchev–Trinajstić information content (AvgIpc) is 2.41. The van der Waals surface area contributed by atoms with Crippen molar-refractivity contribution in [2.45, 2.75) is 11.8 Å². The van der Waals surface area contributed by atoms with E-state index in [1.54, 1.807) is 37.3 Å². The molecule has 0 aliphatic rings. The molecular weight excluding hydrogens is 312 g/mol. The number of aryl methyl sites for hydroxylation is 1. The van der Waals surface area contributed by atoms with Crippen molar-refractivity contribution in [1.29, 1.82) is 0 Å². The van der Waals surface area contributed by atoms with E-state index in [1.807, 2.05) is 0 Å². The van der Waals surface area contributed by atoms with Crippen molar-refractivity contribution in [1.82, 2.24) is 0 Å². The Morgan fingerprint density at radius 1 is 1.14 bits per heavy atom. The minimum atomic E-state index is -3.51. The second-order valence-electron chi connectivity index (χ2n) is 4.57. The zero-order valence-electron chi connectivity index (χ0n) is 11.5. The highest BCUT2D eigenvalue weighted by molar-refractivity contribution is 7.90. The lowest BCUT2D eigenvalue weighted by Gasteiger charge is -2.10. The van der Waals surface area contributed by atoms with Crippen LogP contribution in [0.3, 0.4) is 0 Å². The van der Waals surface area contributed by atoms with Crippen molar-refractivity contribution in [2.75, 3.05) is 6.26 Å². The van der Waals surface area contributed by atoms with Crippen LogP contribution in [-0.2, 0) is 9.84 Å². The number of benzene rings is 2. The molecule has 0 spiro atoms. The summed E-state index contributed by atoms with van der Waals surface area (Å²) in [5, 5.41) is 0.531. The van der Waals surface area contributed by atoms with Gasteiger partial charge in [-0.3, -0.25) is 0 Å². The Kier molecular flexibility index (Phi) is 4.34. The fourth-order valence-corrected chi connectivity index (χ4v) is 2.94. The maximum atomic E-state index is 12.2. The first-order valence-corrected chi connectivity index (χ1v) is 8.33. The summed E-state index contributed by atoms with van der Waals surface area (Å²) >= 11 is 5.84. The first kappa shape index (κ1) is 15.5. The zero-order valence-corrected chi connectivity index (χ0v) is 13.0. The molecule has 2 aromatic rings. The highest BCUT2D eigenvalue weighted by Crippen LogP contribution is 2.24. The summed E-state index contributed by atoms with van der Waals surface area (Å²) in [6.07, 6.45) is 1.05. The summed E-state index contributed by atoms with van der Waals surface area (Å²) in [5.41, 5.74) is 0.696. The molecule has 0 radical (unpaired) electrons. The van der Waals surface area contributed by atoms with E-state index in [9.17, 15) is 13.2 Å². The van der Waals surface area contributed by atoms with Crippen molar-refractivity contribution in [3.63, 3.8) is 0 Å². The topological polar surface area (TPSA) is 60.4 Å². The number of sulfone groups is 1. The van der Waals surface area contributed by atoms with Gasteiger partial charge in [-0.1, -0.05) is 23.7 Å². The Balaban J connectivity index is 2.38. The van der Waals surface area contributed by atoms with Gasteiger partial charge in [0.2, 0.25) is 0 Å². The molecule has 0 saturated heterocycles. The second-order valence-corrected chi connectivity index (χ2v) is 6.99. The smallest absolute Gasteiger partial charge is 0.344 e. The number of hydrogen-bond donors (Lipinski definition) is 0.